The van der Waals surface area contributed by atoms with E-state index in [4.69, 9.17) is 4.74 Å². The van der Waals surface area contributed by atoms with Crippen molar-refractivity contribution in [3.05, 3.63) is 84.9 Å². The molecule has 3 aromatic carbocycles. The molecule has 33 heavy (non-hydrogen) atoms. The predicted molar refractivity (Wildman–Crippen MR) is 126 cm³/mol. The lowest BCUT2D eigenvalue weighted by Crippen LogP contribution is -2.44. The van der Waals surface area contributed by atoms with Crippen molar-refractivity contribution in [1.29, 1.82) is 0 Å². The van der Waals surface area contributed by atoms with Crippen molar-refractivity contribution in [2.24, 2.45) is 0 Å². The van der Waals surface area contributed by atoms with Gasteiger partial charge >= 0.3 is 0 Å². The number of methoxy groups -OCH3 is 1. The first-order valence-electron chi connectivity index (χ1n) is 10.2. The average molecular weight is 468 g/mol. The third kappa shape index (κ3) is 7.16. The van der Waals surface area contributed by atoms with Crippen LogP contribution in [0.3, 0.4) is 0 Å². The highest BCUT2D eigenvalue weighted by atomic mass is 32.2. The van der Waals surface area contributed by atoms with Crippen LogP contribution in [0.25, 0.3) is 0 Å². The number of carbonyl (C=O) groups is 2. The zero-order valence-electron chi connectivity index (χ0n) is 18.0. The van der Waals surface area contributed by atoms with Crippen LogP contribution in [0.15, 0.2) is 89.8 Å². The maximum atomic E-state index is 12.9. The van der Waals surface area contributed by atoms with Gasteiger partial charge in [0.05, 0.1) is 12.0 Å². The summed E-state index contributed by atoms with van der Waals surface area (Å²) in [4.78, 5) is 25.3. The number of hydrogen-bond acceptors (Lipinski definition) is 5. The predicted octanol–water partition coefficient (Wildman–Crippen LogP) is 3.40. The van der Waals surface area contributed by atoms with Crippen LogP contribution < -0.4 is 20.1 Å². The second kappa shape index (κ2) is 11.3. The first-order valence-corrected chi connectivity index (χ1v) is 11.7. The van der Waals surface area contributed by atoms with Gasteiger partial charge in [-0.15, -0.1) is 0 Å². The highest BCUT2D eigenvalue weighted by molar-refractivity contribution is 7.89. The molecule has 0 aliphatic carbocycles. The minimum absolute atomic E-state index is 0.0189. The molecule has 3 aromatic rings. The van der Waals surface area contributed by atoms with Crippen LogP contribution in [0.4, 0.5) is 11.4 Å². The molecule has 3 rings (SSSR count). The molecule has 172 valence electrons. The summed E-state index contributed by atoms with van der Waals surface area (Å²) in [5, 5.41) is 5.42. The second-order valence-electron chi connectivity index (χ2n) is 7.16. The lowest BCUT2D eigenvalue weighted by atomic mass is 10.1. The second-order valence-corrected chi connectivity index (χ2v) is 8.87. The van der Waals surface area contributed by atoms with E-state index in [9.17, 15) is 18.0 Å². The van der Waals surface area contributed by atoms with Crippen LogP contribution in [-0.2, 0) is 19.6 Å². The molecule has 0 saturated carbocycles. The van der Waals surface area contributed by atoms with Gasteiger partial charge in [-0.25, -0.2) is 8.42 Å². The molecule has 3 N–H and O–H groups in total. The fraction of sp³-hybridized carbons (Fsp3) is 0.167. The molecule has 9 heteroatoms. The summed E-state index contributed by atoms with van der Waals surface area (Å²) in [6, 6.07) is 22.2. The summed E-state index contributed by atoms with van der Waals surface area (Å²) < 4.78 is 33.3. The normalized spacial score (nSPS) is 11.9. The quantitative estimate of drug-likeness (QED) is 0.423. The van der Waals surface area contributed by atoms with E-state index < -0.39 is 22.0 Å². The van der Waals surface area contributed by atoms with E-state index in [0.717, 1.165) is 0 Å². The SMILES string of the molecule is COc1ccc(S(=O)(=O)N[C@@H](CCC(=O)Nc2ccccc2)C(=O)Nc2ccccc2)cc1. The number of amides is 2. The molecular weight excluding hydrogens is 442 g/mol. The van der Waals surface area contributed by atoms with E-state index in [0.29, 0.717) is 17.1 Å². The van der Waals surface area contributed by atoms with Crippen molar-refractivity contribution in [1.82, 2.24) is 4.72 Å². The summed E-state index contributed by atoms with van der Waals surface area (Å²) in [6.45, 7) is 0. The Bertz CT molecular complexity index is 1170. The largest absolute Gasteiger partial charge is 0.497 e. The standard InChI is InChI=1S/C24H25N3O5S/c1-32-20-12-14-21(15-13-20)33(30,31)27-22(24(29)26-19-10-6-3-7-11-19)16-17-23(28)25-18-8-4-2-5-9-18/h2-15,22,27H,16-17H2,1H3,(H,25,28)(H,26,29)/t22-/m0/s1. The lowest BCUT2D eigenvalue weighted by molar-refractivity contribution is -0.118. The number of para-hydroxylation sites is 2. The molecule has 0 saturated heterocycles. The fourth-order valence-corrected chi connectivity index (χ4v) is 4.25. The van der Waals surface area contributed by atoms with Crippen LogP contribution in [0.2, 0.25) is 0 Å². The third-order valence-corrected chi connectivity index (χ3v) is 6.23. The Morgan fingerprint density at radius 1 is 0.818 bits per heavy atom. The van der Waals surface area contributed by atoms with Gasteiger partial charge in [0, 0.05) is 17.8 Å². The molecule has 0 aromatic heterocycles. The molecule has 0 bridgehead atoms. The number of sulfonamides is 1. The first-order chi connectivity index (χ1) is 15.9. The molecule has 0 aliphatic heterocycles. The Morgan fingerprint density at radius 3 is 1.91 bits per heavy atom. The van der Waals surface area contributed by atoms with Crippen LogP contribution in [0, 0.1) is 0 Å². The van der Waals surface area contributed by atoms with E-state index in [1.54, 1.807) is 54.6 Å². The van der Waals surface area contributed by atoms with Crippen LogP contribution in [0.5, 0.6) is 5.75 Å². The number of benzene rings is 3. The highest BCUT2D eigenvalue weighted by Gasteiger charge is 2.26. The van der Waals surface area contributed by atoms with Crippen molar-refractivity contribution in [3.63, 3.8) is 0 Å². The van der Waals surface area contributed by atoms with E-state index in [-0.39, 0.29) is 23.6 Å². The molecule has 0 spiro atoms. The van der Waals surface area contributed by atoms with Gasteiger partial charge < -0.3 is 15.4 Å². The van der Waals surface area contributed by atoms with Crippen molar-refractivity contribution >= 4 is 33.2 Å². The number of rotatable bonds is 10. The van der Waals surface area contributed by atoms with Crippen LogP contribution in [0.1, 0.15) is 12.8 Å². The molecule has 2 amide bonds. The molecule has 1 atom stereocenters. The van der Waals surface area contributed by atoms with Gasteiger partial charge in [-0.2, -0.15) is 4.72 Å². The van der Waals surface area contributed by atoms with Crippen molar-refractivity contribution in [3.8, 4) is 5.75 Å². The molecule has 0 aliphatic rings. The van der Waals surface area contributed by atoms with E-state index in [1.165, 1.54) is 31.4 Å². The molecule has 0 unspecified atom stereocenters. The summed E-state index contributed by atoms with van der Waals surface area (Å²) in [7, 11) is -2.55. The molecular formula is C24H25N3O5S. The zero-order valence-corrected chi connectivity index (χ0v) is 18.8. The Morgan fingerprint density at radius 2 is 1.36 bits per heavy atom. The minimum atomic E-state index is -4.03. The van der Waals surface area contributed by atoms with Crippen molar-refractivity contribution in [2.75, 3.05) is 17.7 Å². The minimum Gasteiger partial charge on any atom is -0.497 e. The fourth-order valence-electron chi connectivity index (χ4n) is 3.03. The number of ether oxygens (including phenoxy) is 1. The highest BCUT2D eigenvalue weighted by Crippen LogP contribution is 2.17. The Kier molecular flexibility index (Phi) is 8.17. The molecule has 8 nitrogen and oxygen atoms in total. The van der Waals surface area contributed by atoms with Gasteiger partial charge in [-0.1, -0.05) is 36.4 Å². The Balaban J connectivity index is 1.73. The maximum absolute atomic E-state index is 12.9. The van der Waals surface area contributed by atoms with Gasteiger partial charge in [0.2, 0.25) is 21.8 Å². The summed E-state index contributed by atoms with van der Waals surface area (Å²) in [6.07, 6.45) is -0.0976. The average Bonchev–Trinajstić information content (AvgIpc) is 2.83. The number of anilines is 2. The molecule has 0 heterocycles. The summed E-state index contributed by atoms with van der Waals surface area (Å²) in [5.41, 5.74) is 1.14. The third-order valence-electron chi connectivity index (χ3n) is 4.74. The molecule has 0 fully saturated rings. The van der Waals surface area contributed by atoms with Crippen molar-refractivity contribution < 1.29 is 22.7 Å². The van der Waals surface area contributed by atoms with Crippen molar-refractivity contribution in [2.45, 2.75) is 23.8 Å². The maximum Gasteiger partial charge on any atom is 0.242 e. The molecule has 0 radical (unpaired) electrons. The topological polar surface area (TPSA) is 114 Å². The van der Waals surface area contributed by atoms with Crippen LogP contribution in [-0.4, -0.2) is 33.4 Å². The summed E-state index contributed by atoms with van der Waals surface area (Å²) >= 11 is 0. The van der Waals surface area contributed by atoms with Gasteiger partial charge in [0.15, 0.2) is 0 Å². The first kappa shape index (κ1) is 24.0. The van der Waals surface area contributed by atoms with Gasteiger partial charge in [-0.3, -0.25) is 9.59 Å². The van der Waals surface area contributed by atoms with Crippen LogP contribution >= 0.6 is 0 Å². The smallest absolute Gasteiger partial charge is 0.242 e. The lowest BCUT2D eigenvalue weighted by Gasteiger charge is -2.19. The van der Waals surface area contributed by atoms with Gasteiger partial charge in [0.25, 0.3) is 0 Å². The number of carbonyl (C=O) groups excluding carboxylic acids is 2. The van der Waals surface area contributed by atoms with E-state index in [1.807, 2.05) is 6.07 Å². The van der Waals surface area contributed by atoms with E-state index >= 15 is 0 Å². The Labute approximate surface area is 193 Å². The number of hydrogen-bond donors (Lipinski definition) is 3. The Hall–Kier alpha value is -3.69. The monoisotopic (exact) mass is 467 g/mol. The number of nitrogens with one attached hydrogen (secondary N) is 3. The van der Waals surface area contributed by atoms with E-state index in [2.05, 4.69) is 15.4 Å². The summed E-state index contributed by atoms with van der Waals surface area (Å²) in [5.74, 6) is -0.391. The van der Waals surface area contributed by atoms with Gasteiger partial charge in [0.1, 0.15) is 11.8 Å². The van der Waals surface area contributed by atoms with Gasteiger partial charge in [-0.05, 0) is 55.0 Å². The zero-order chi connectivity index (χ0) is 23.7.